The van der Waals surface area contributed by atoms with E-state index >= 15 is 0 Å². The lowest BCUT2D eigenvalue weighted by molar-refractivity contribution is 0.0857. The molecular formula is C10H9FN2OS. The molecule has 1 N–H and O–H groups in total. The number of nitrogens with zero attached hydrogens (tertiary/aromatic N) is 1. The predicted molar refractivity (Wildman–Crippen MR) is 58.0 cm³/mol. The Morgan fingerprint density at radius 3 is 2.80 bits per heavy atom. The molecule has 0 aliphatic carbocycles. The van der Waals surface area contributed by atoms with Crippen LogP contribution in [0, 0.1) is 5.82 Å². The Labute approximate surface area is 91.9 Å². The molecule has 0 saturated carbocycles. The first-order valence-corrected chi connectivity index (χ1v) is 4.95. The van der Waals surface area contributed by atoms with Crippen molar-refractivity contribution in [3.8, 4) is 0 Å². The lowest BCUT2D eigenvalue weighted by Gasteiger charge is -2.14. The highest BCUT2D eigenvalue weighted by atomic mass is 32.1. The Hall–Kier alpha value is -1.49. The third-order valence-electron chi connectivity index (χ3n) is 2.21. The highest BCUT2D eigenvalue weighted by Gasteiger charge is 2.25. The number of benzene rings is 1. The maximum atomic E-state index is 13.3. The fourth-order valence-electron chi connectivity index (χ4n) is 1.45. The maximum absolute atomic E-state index is 13.3. The summed E-state index contributed by atoms with van der Waals surface area (Å²) in [5.41, 5.74) is 0.0588. The average Bonchev–Trinajstić information content (AvgIpc) is 2.64. The number of nitrogens with one attached hydrogen (secondary N) is 1. The van der Waals surface area contributed by atoms with Crippen molar-refractivity contribution in [3.63, 3.8) is 0 Å². The predicted octanol–water partition coefficient (Wildman–Crippen LogP) is 1.16. The molecule has 5 heteroatoms. The molecule has 1 amide bonds. The number of amides is 1. The highest BCUT2D eigenvalue weighted by molar-refractivity contribution is 7.80. The number of thiocarbonyl (C=S) groups is 1. The summed E-state index contributed by atoms with van der Waals surface area (Å²) in [4.78, 5) is 13.2. The molecule has 0 radical (unpaired) electrons. The third-order valence-corrected chi connectivity index (χ3v) is 2.57. The Balaban J connectivity index is 2.28. The smallest absolute Gasteiger partial charge is 0.263 e. The van der Waals surface area contributed by atoms with Gasteiger partial charge in [0.2, 0.25) is 0 Å². The van der Waals surface area contributed by atoms with Gasteiger partial charge in [-0.1, -0.05) is 12.1 Å². The third kappa shape index (κ3) is 1.83. The Bertz CT molecular complexity index is 422. The fraction of sp³-hybridized carbons (Fsp3) is 0.200. The number of rotatable bonds is 1. The van der Waals surface area contributed by atoms with Gasteiger partial charge in [-0.2, -0.15) is 0 Å². The molecule has 0 bridgehead atoms. The van der Waals surface area contributed by atoms with Crippen molar-refractivity contribution in [1.82, 2.24) is 10.2 Å². The molecular weight excluding hydrogens is 215 g/mol. The minimum absolute atomic E-state index is 0.0588. The first-order valence-electron chi connectivity index (χ1n) is 4.54. The molecule has 2 rings (SSSR count). The van der Waals surface area contributed by atoms with Gasteiger partial charge in [0.1, 0.15) is 5.82 Å². The molecule has 3 nitrogen and oxygen atoms in total. The molecule has 0 atom stereocenters. The first kappa shape index (κ1) is 10.0. The fourth-order valence-corrected chi connectivity index (χ4v) is 1.72. The van der Waals surface area contributed by atoms with Gasteiger partial charge in [0.15, 0.2) is 5.11 Å². The van der Waals surface area contributed by atoms with Gasteiger partial charge in [-0.05, 0) is 24.4 Å². The van der Waals surface area contributed by atoms with Gasteiger partial charge in [-0.3, -0.25) is 9.69 Å². The van der Waals surface area contributed by atoms with Crippen LogP contribution in [0.2, 0.25) is 0 Å². The molecule has 1 aromatic rings. The Morgan fingerprint density at radius 1 is 1.47 bits per heavy atom. The van der Waals surface area contributed by atoms with Crippen LogP contribution >= 0.6 is 12.2 Å². The molecule has 0 unspecified atom stereocenters. The van der Waals surface area contributed by atoms with E-state index in [9.17, 15) is 9.18 Å². The molecule has 1 aromatic carbocycles. The molecule has 1 saturated heterocycles. The lowest BCUT2D eigenvalue weighted by Crippen LogP contribution is -2.34. The SMILES string of the molecule is O=C(c1ccccc1F)N1CCNC1=S. The van der Waals surface area contributed by atoms with Crippen molar-refractivity contribution >= 4 is 23.2 Å². The molecule has 78 valence electrons. The van der Waals surface area contributed by atoms with Crippen molar-refractivity contribution in [1.29, 1.82) is 0 Å². The van der Waals surface area contributed by atoms with E-state index in [1.807, 2.05) is 0 Å². The zero-order chi connectivity index (χ0) is 10.8. The van der Waals surface area contributed by atoms with Gasteiger partial charge in [-0.15, -0.1) is 0 Å². The van der Waals surface area contributed by atoms with Crippen molar-refractivity contribution in [2.45, 2.75) is 0 Å². The van der Waals surface area contributed by atoms with Gasteiger partial charge in [-0.25, -0.2) is 4.39 Å². The molecule has 0 spiro atoms. The van der Waals surface area contributed by atoms with Crippen molar-refractivity contribution in [3.05, 3.63) is 35.6 Å². The maximum Gasteiger partial charge on any atom is 0.263 e. The largest absolute Gasteiger partial charge is 0.360 e. The number of carbonyl (C=O) groups excluding carboxylic acids is 1. The van der Waals surface area contributed by atoms with Crippen LogP contribution in [-0.2, 0) is 0 Å². The second-order valence-electron chi connectivity index (χ2n) is 3.17. The average molecular weight is 224 g/mol. The van der Waals surface area contributed by atoms with E-state index in [1.54, 1.807) is 12.1 Å². The van der Waals surface area contributed by atoms with E-state index in [0.29, 0.717) is 18.2 Å². The van der Waals surface area contributed by atoms with Gasteiger partial charge in [0.05, 0.1) is 5.56 Å². The van der Waals surface area contributed by atoms with Gasteiger partial charge in [0, 0.05) is 13.1 Å². The highest BCUT2D eigenvalue weighted by Crippen LogP contribution is 2.11. The number of hydrogen-bond donors (Lipinski definition) is 1. The van der Waals surface area contributed by atoms with Crippen molar-refractivity contribution in [2.24, 2.45) is 0 Å². The van der Waals surface area contributed by atoms with Crippen LogP contribution in [0.4, 0.5) is 4.39 Å². The van der Waals surface area contributed by atoms with Crippen LogP contribution in [0.3, 0.4) is 0 Å². The minimum Gasteiger partial charge on any atom is -0.360 e. The minimum atomic E-state index is -0.516. The summed E-state index contributed by atoms with van der Waals surface area (Å²) in [5.74, 6) is -0.902. The van der Waals surface area contributed by atoms with Crippen LogP contribution in [0.25, 0.3) is 0 Å². The van der Waals surface area contributed by atoms with Gasteiger partial charge < -0.3 is 5.32 Å². The van der Waals surface area contributed by atoms with Crippen LogP contribution < -0.4 is 5.32 Å². The zero-order valence-corrected chi connectivity index (χ0v) is 8.68. The van der Waals surface area contributed by atoms with Gasteiger partial charge in [0.25, 0.3) is 5.91 Å². The van der Waals surface area contributed by atoms with E-state index in [1.165, 1.54) is 17.0 Å². The molecule has 1 aliphatic rings. The Kier molecular flexibility index (Phi) is 2.64. The van der Waals surface area contributed by atoms with E-state index in [0.717, 1.165) is 0 Å². The van der Waals surface area contributed by atoms with Crippen LogP contribution in [0.5, 0.6) is 0 Å². The summed E-state index contributed by atoms with van der Waals surface area (Å²) >= 11 is 4.93. The monoisotopic (exact) mass is 224 g/mol. The number of halogens is 1. The quantitative estimate of drug-likeness (QED) is 0.726. The second-order valence-corrected chi connectivity index (χ2v) is 3.56. The van der Waals surface area contributed by atoms with Crippen LogP contribution in [0.1, 0.15) is 10.4 Å². The number of carbonyl (C=O) groups is 1. The summed E-state index contributed by atoms with van der Waals surface area (Å²) in [6.45, 7) is 1.12. The first-order chi connectivity index (χ1) is 7.20. The molecule has 1 aliphatic heterocycles. The van der Waals surface area contributed by atoms with E-state index in [2.05, 4.69) is 5.32 Å². The van der Waals surface area contributed by atoms with Crippen LogP contribution in [0.15, 0.2) is 24.3 Å². The van der Waals surface area contributed by atoms with Crippen molar-refractivity contribution < 1.29 is 9.18 Å². The normalized spacial score (nSPS) is 15.3. The second kappa shape index (κ2) is 3.94. The molecule has 15 heavy (non-hydrogen) atoms. The lowest BCUT2D eigenvalue weighted by atomic mass is 10.2. The summed E-state index contributed by atoms with van der Waals surface area (Å²) in [5, 5.41) is 3.22. The van der Waals surface area contributed by atoms with Crippen molar-refractivity contribution in [2.75, 3.05) is 13.1 Å². The summed E-state index contributed by atoms with van der Waals surface area (Å²) < 4.78 is 13.3. The van der Waals surface area contributed by atoms with Gasteiger partial charge >= 0.3 is 0 Å². The summed E-state index contributed by atoms with van der Waals surface area (Å²) in [6.07, 6.45) is 0. The topological polar surface area (TPSA) is 32.3 Å². The van der Waals surface area contributed by atoms with E-state index < -0.39 is 5.82 Å². The molecule has 1 fully saturated rings. The van der Waals surface area contributed by atoms with E-state index in [-0.39, 0.29) is 11.5 Å². The summed E-state index contributed by atoms with van der Waals surface area (Å²) in [7, 11) is 0. The zero-order valence-electron chi connectivity index (χ0n) is 7.87. The molecule has 0 aromatic heterocycles. The standard InChI is InChI=1S/C10H9FN2OS/c11-8-4-2-1-3-7(8)9(14)13-6-5-12-10(13)15/h1-4H,5-6H2,(H,12,15). The number of hydrogen-bond acceptors (Lipinski definition) is 2. The van der Waals surface area contributed by atoms with Crippen LogP contribution in [-0.4, -0.2) is 29.0 Å². The van der Waals surface area contributed by atoms with E-state index in [4.69, 9.17) is 12.2 Å². The summed E-state index contributed by atoms with van der Waals surface area (Å²) in [6, 6.07) is 5.90. The Morgan fingerprint density at radius 2 is 2.20 bits per heavy atom. The molecule has 1 heterocycles.